The van der Waals surface area contributed by atoms with E-state index in [0.717, 1.165) is 38.5 Å². The summed E-state index contributed by atoms with van der Waals surface area (Å²) in [6, 6.07) is -0.684. The van der Waals surface area contributed by atoms with Crippen LogP contribution in [0.15, 0.2) is 93.8 Å². The summed E-state index contributed by atoms with van der Waals surface area (Å²) in [5, 5.41) is 9.05. The van der Waals surface area contributed by atoms with Crippen LogP contribution in [0, 0.1) is 6.92 Å². The molecular formula is C37H53N7O7. The molecule has 1 aromatic rings. The number of carbonyl (C=O) groups is 2. The Morgan fingerprint density at radius 3 is 2.10 bits per heavy atom. The van der Waals surface area contributed by atoms with E-state index in [0.29, 0.717) is 24.9 Å². The van der Waals surface area contributed by atoms with E-state index in [1.165, 1.54) is 10.8 Å². The van der Waals surface area contributed by atoms with Crippen molar-refractivity contribution in [1.29, 1.82) is 0 Å². The van der Waals surface area contributed by atoms with Crippen LogP contribution < -0.4 is 21.9 Å². The van der Waals surface area contributed by atoms with Crippen LogP contribution in [-0.2, 0) is 19.0 Å². The number of aromatic nitrogens is 2. The first-order chi connectivity index (χ1) is 24.8. The molecule has 1 saturated heterocycles. The van der Waals surface area contributed by atoms with E-state index in [4.69, 9.17) is 19.7 Å². The summed E-state index contributed by atoms with van der Waals surface area (Å²) in [6.07, 6.45) is 31.8. The van der Waals surface area contributed by atoms with Gasteiger partial charge in [0.1, 0.15) is 18.9 Å². The van der Waals surface area contributed by atoms with Gasteiger partial charge < -0.3 is 24.8 Å². The summed E-state index contributed by atoms with van der Waals surface area (Å²) in [6.45, 7) is 4.50. The molecule has 1 aliphatic heterocycles. The Morgan fingerprint density at radius 2 is 1.51 bits per heavy atom. The van der Waals surface area contributed by atoms with E-state index in [9.17, 15) is 19.2 Å². The third kappa shape index (κ3) is 19.2. The van der Waals surface area contributed by atoms with Crippen molar-refractivity contribution in [2.75, 3.05) is 32.9 Å². The predicted molar refractivity (Wildman–Crippen MR) is 198 cm³/mol. The number of hydrogen-bond acceptors (Lipinski definition) is 8. The molecular weight excluding hydrogens is 654 g/mol. The molecule has 0 saturated carbocycles. The second-order valence-corrected chi connectivity index (χ2v) is 11.6. The van der Waals surface area contributed by atoms with Gasteiger partial charge in [-0.1, -0.05) is 85.0 Å². The van der Waals surface area contributed by atoms with E-state index < -0.39 is 35.7 Å². The highest BCUT2D eigenvalue weighted by atomic mass is 16.6. The SMILES string of the molecule is CCC=CCC=CCC=CCC=CCC=CCC=CCCC(=O)NCCOCCNC(=O)OC[C@H]1O[C@H](n2cc(C)c(=O)[nH]c2=O)C[C@@H]1N=[N+]=[N-]. The molecule has 2 amide bonds. The Bertz CT molecular complexity index is 1530. The van der Waals surface area contributed by atoms with Gasteiger partial charge >= 0.3 is 11.8 Å². The molecule has 2 heterocycles. The molecule has 2 rings (SSSR count). The van der Waals surface area contributed by atoms with Gasteiger partial charge in [0.05, 0.1) is 19.3 Å². The molecule has 1 fully saturated rings. The van der Waals surface area contributed by atoms with E-state index in [1.54, 1.807) is 6.92 Å². The van der Waals surface area contributed by atoms with Crippen molar-refractivity contribution in [2.24, 2.45) is 5.11 Å². The van der Waals surface area contributed by atoms with Gasteiger partial charge in [-0.15, -0.1) is 0 Å². The molecule has 0 radical (unpaired) electrons. The van der Waals surface area contributed by atoms with Gasteiger partial charge in [-0.05, 0) is 57.4 Å². The zero-order chi connectivity index (χ0) is 36.9. The topological polar surface area (TPSA) is 190 Å². The molecule has 0 unspecified atom stereocenters. The molecule has 3 N–H and O–H groups in total. The summed E-state index contributed by atoms with van der Waals surface area (Å²) < 4.78 is 17.7. The number of alkyl carbamates (subject to hydrolysis) is 1. The van der Waals surface area contributed by atoms with Gasteiger partial charge in [-0.3, -0.25) is 19.1 Å². The minimum Gasteiger partial charge on any atom is -0.447 e. The van der Waals surface area contributed by atoms with Gasteiger partial charge in [0, 0.05) is 42.6 Å². The standard InChI is InChI=1S/C37H53N7O7/c1-3-4-5-6-7-8-9-10-11-12-13-14-15-16-17-18-19-20-21-22-33(45)39-23-25-49-26-24-40-37(48)50-29-32-31(42-43-38)27-34(51-32)44-28-30(2)35(46)41-36(44)47/h4-5,7-8,10-11,13-14,16-17,19-20,28,31-32,34H,3,6,9,12,15,18,21-27,29H2,1-2H3,(H,39,45)(H,40,48)(H,41,46,47)/t31-,32+,34-/m0/s1. The number of nitrogens with one attached hydrogen (secondary N) is 3. The lowest BCUT2D eigenvalue weighted by atomic mass is 10.1. The van der Waals surface area contributed by atoms with Crippen LogP contribution in [0.3, 0.4) is 0 Å². The van der Waals surface area contributed by atoms with Gasteiger partial charge in [0.15, 0.2) is 0 Å². The largest absolute Gasteiger partial charge is 0.447 e. The van der Waals surface area contributed by atoms with Crippen LogP contribution in [-0.4, -0.2) is 66.6 Å². The highest BCUT2D eigenvalue weighted by Crippen LogP contribution is 2.30. The number of aryl methyl sites for hydroxylation is 1. The highest BCUT2D eigenvalue weighted by molar-refractivity contribution is 5.75. The predicted octanol–water partition coefficient (Wildman–Crippen LogP) is 6.15. The number of hydrogen-bond donors (Lipinski definition) is 3. The zero-order valence-corrected chi connectivity index (χ0v) is 29.8. The van der Waals surface area contributed by atoms with Crippen molar-refractivity contribution >= 4 is 12.0 Å². The summed E-state index contributed by atoms with van der Waals surface area (Å²) >= 11 is 0. The number of ether oxygens (including phenoxy) is 3. The lowest BCUT2D eigenvalue weighted by Gasteiger charge is -2.17. The molecule has 0 spiro atoms. The fourth-order valence-electron chi connectivity index (χ4n) is 4.76. The summed E-state index contributed by atoms with van der Waals surface area (Å²) in [7, 11) is 0. The van der Waals surface area contributed by atoms with Crippen LogP contribution in [0.1, 0.15) is 76.5 Å². The minimum atomic E-state index is -0.800. The van der Waals surface area contributed by atoms with Crippen molar-refractivity contribution in [2.45, 2.75) is 90.0 Å². The lowest BCUT2D eigenvalue weighted by molar-refractivity contribution is -0.121. The van der Waals surface area contributed by atoms with Gasteiger partial charge in [-0.2, -0.15) is 0 Å². The van der Waals surface area contributed by atoms with E-state index in [2.05, 4.69) is 99.4 Å². The number of aromatic amines is 1. The molecule has 51 heavy (non-hydrogen) atoms. The van der Waals surface area contributed by atoms with Crippen molar-refractivity contribution < 1.29 is 23.8 Å². The molecule has 1 aliphatic rings. The normalized spacial score (nSPS) is 17.8. The van der Waals surface area contributed by atoms with Crippen LogP contribution in [0.25, 0.3) is 10.4 Å². The van der Waals surface area contributed by atoms with Crippen LogP contribution in [0.2, 0.25) is 0 Å². The maximum atomic E-state index is 12.2. The smallest absolute Gasteiger partial charge is 0.407 e. The van der Waals surface area contributed by atoms with Crippen molar-refractivity contribution in [3.63, 3.8) is 0 Å². The molecule has 278 valence electrons. The number of H-pyrrole nitrogens is 1. The van der Waals surface area contributed by atoms with Gasteiger partial charge in [0.2, 0.25) is 5.91 Å². The number of allylic oxidation sites excluding steroid dienone is 12. The zero-order valence-electron chi connectivity index (χ0n) is 29.8. The Hall–Kier alpha value is -4.91. The summed E-state index contributed by atoms with van der Waals surface area (Å²) in [4.78, 5) is 53.0. The Kier molecular flexibility index (Phi) is 22.3. The van der Waals surface area contributed by atoms with Crippen LogP contribution >= 0.6 is 0 Å². The first-order valence-electron chi connectivity index (χ1n) is 17.5. The molecule has 3 atom stereocenters. The molecule has 1 aromatic heterocycles. The second-order valence-electron chi connectivity index (χ2n) is 11.6. The molecule has 0 aromatic carbocycles. The fourth-order valence-corrected chi connectivity index (χ4v) is 4.76. The highest BCUT2D eigenvalue weighted by Gasteiger charge is 2.37. The maximum Gasteiger partial charge on any atom is 0.407 e. The quantitative estimate of drug-likeness (QED) is 0.0378. The number of nitrogens with zero attached hydrogens (tertiary/aromatic N) is 4. The number of rotatable bonds is 24. The van der Waals surface area contributed by atoms with E-state index in [1.807, 2.05) is 6.08 Å². The second kappa shape index (κ2) is 26.9. The third-order valence-corrected chi connectivity index (χ3v) is 7.46. The minimum absolute atomic E-state index is 0.0594. The van der Waals surface area contributed by atoms with Crippen molar-refractivity contribution in [3.05, 3.63) is 116 Å². The number of amides is 2. The van der Waals surface area contributed by atoms with Crippen molar-refractivity contribution in [1.82, 2.24) is 20.2 Å². The Labute approximate surface area is 299 Å². The Morgan fingerprint density at radius 1 is 0.941 bits per heavy atom. The Balaban J connectivity index is 1.46. The van der Waals surface area contributed by atoms with Gasteiger partial charge in [0.25, 0.3) is 5.56 Å². The molecule has 14 heteroatoms. The average Bonchev–Trinajstić information content (AvgIpc) is 3.51. The molecule has 0 aliphatic carbocycles. The number of carbonyl (C=O) groups excluding carboxylic acids is 2. The average molecular weight is 708 g/mol. The third-order valence-electron chi connectivity index (χ3n) is 7.46. The van der Waals surface area contributed by atoms with Gasteiger partial charge in [-0.25, -0.2) is 9.59 Å². The fraction of sp³-hybridized carbons (Fsp3) is 0.514. The first kappa shape index (κ1) is 42.3. The lowest BCUT2D eigenvalue weighted by Crippen LogP contribution is -2.34. The monoisotopic (exact) mass is 707 g/mol. The van der Waals surface area contributed by atoms with Crippen molar-refractivity contribution in [3.8, 4) is 0 Å². The maximum absolute atomic E-state index is 12.2. The van der Waals surface area contributed by atoms with Crippen LogP contribution in [0.5, 0.6) is 0 Å². The van der Waals surface area contributed by atoms with Crippen LogP contribution in [0.4, 0.5) is 4.79 Å². The van der Waals surface area contributed by atoms with E-state index in [-0.39, 0.29) is 38.7 Å². The molecule has 14 nitrogen and oxygen atoms in total. The summed E-state index contributed by atoms with van der Waals surface area (Å²) in [5.74, 6) is -0.0594. The van der Waals surface area contributed by atoms with E-state index >= 15 is 0 Å². The number of azide groups is 1. The summed E-state index contributed by atoms with van der Waals surface area (Å²) in [5.41, 5.74) is 8.07. The molecule has 0 bridgehead atoms. The first-order valence-corrected chi connectivity index (χ1v) is 17.5.